The summed E-state index contributed by atoms with van der Waals surface area (Å²) in [6.45, 7) is 10.6. The number of carbonyl (C=O) groups is 2. The fourth-order valence-corrected chi connectivity index (χ4v) is 5.51. The average molecular weight is 560 g/mol. The fraction of sp³-hybridized carbons (Fsp3) is 0.429. The molecule has 0 bridgehead atoms. The molecule has 1 atom stereocenters. The number of hydrogen-bond acceptors (Lipinski definition) is 4. The molecule has 0 N–H and O–H groups in total. The average Bonchev–Trinajstić information content (AvgIpc) is 3.76. The summed E-state index contributed by atoms with van der Waals surface area (Å²) in [7, 11) is 1.57. The van der Waals surface area contributed by atoms with Crippen LogP contribution in [-0.4, -0.2) is 25.6 Å². The highest BCUT2D eigenvalue weighted by molar-refractivity contribution is 5.92. The van der Waals surface area contributed by atoms with E-state index in [-0.39, 0.29) is 29.0 Å². The molecule has 6 heteroatoms. The lowest BCUT2D eigenvalue weighted by molar-refractivity contribution is -0.143. The Labute approximate surface area is 243 Å². The SMILES string of the molecule is CCOC(=O)CC(c1cccc(CN(C(C)=O)c2ccc(-c3cc(OC)ccc3F)c(CC(C)(C)C)c2)c1)C1CC1. The van der Waals surface area contributed by atoms with Gasteiger partial charge in [-0.2, -0.15) is 0 Å². The van der Waals surface area contributed by atoms with E-state index in [4.69, 9.17) is 9.47 Å². The number of anilines is 1. The molecule has 1 amide bonds. The molecule has 4 rings (SSSR count). The highest BCUT2D eigenvalue weighted by Gasteiger charge is 2.34. The van der Waals surface area contributed by atoms with Gasteiger partial charge in [0.05, 0.1) is 26.7 Å². The molecule has 3 aromatic carbocycles. The lowest BCUT2D eigenvalue weighted by Crippen LogP contribution is -2.28. The van der Waals surface area contributed by atoms with Crippen molar-refractivity contribution in [1.82, 2.24) is 0 Å². The summed E-state index contributed by atoms with van der Waals surface area (Å²) >= 11 is 0. The van der Waals surface area contributed by atoms with Crippen LogP contribution in [-0.2, 0) is 27.3 Å². The minimum Gasteiger partial charge on any atom is -0.497 e. The zero-order valence-electron chi connectivity index (χ0n) is 25.1. The largest absolute Gasteiger partial charge is 0.497 e. The molecule has 1 aliphatic rings. The number of esters is 1. The van der Waals surface area contributed by atoms with Gasteiger partial charge in [-0.25, -0.2) is 4.39 Å². The first kappa shape index (κ1) is 30.3. The van der Waals surface area contributed by atoms with E-state index >= 15 is 4.39 Å². The minimum atomic E-state index is -0.318. The molecular formula is C35H42FNO4. The molecule has 0 heterocycles. The number of ether oxygens (including phenoxy) is 2. The fourth-order valence-electron chi connectivity index (χ4n) is 5.51. The Bertz CT molecular complexity index is 1390. The number of nitrogens with zero attached hydrogens (tertiary/aromatic N) is 1. The number of carbonyl (C=O) groups excluding carboxylic acids is 2. The Hall–Kier alpha value is -3.67. The number of hydrogen-bond donors (Lipinski definition) is 0. The van der Waals surface area contributed by atoms with Crippen molar-refractivity contribution in [2.75, 3.05) is 18.6 Å². The molecule has 0 spiro atoms. The topological polar surface area (TPSA) is 55.8 Å². The number of amides is 1. The van der Waals surface area contributed by atoms with E-state index in [1.807, 2.05) is 37.3 Å². The van der Waals surface area contributed by atoms with Crippen molar-refractivity contribution in [3.63, 3.8) is 0 Å². The van der Waals surface area contributed by atoms with E-state index in [0.29, 0.717) is 43.2 Å². The summed E-state index contributed by atoms with van der Waals surface area (Å²) in [6, 6.07) is 18.8. The first-order valence-electron chi connectivity index (χ1n) is 14.5. The maximum absolute atomic E-state index is 15.0. The molecule has 3 aromatic rings. The maximum atomic E-state index is 15.0. The van der Waals surface area contributed by atoms with Crippen molar-refractivity contribution in [1.29, 1.82) is 0 Å². The number of halogens is 1. The standard InChI is InChI=1S/C35H42FNO4/c1-7-41-34(39)20-31(25-11-12-25)26-10-8-9-24(17-26)22-37(23(2)38)28-13-15-30(27(18-28)21-35(3,4)5)32-19-29(40-6)14-16-33(32)36/h8-10,13-19,25,31H,7,11-12,20-22H2,1-6H3. The van der Waals surface area contributed by atoms with Crippen molar-refractivity contribution in [3.05, 3.63) is 83.2 Å². The molecule has 0 saturated heterocycles. The van der Waals surface area contributed by atoms with Gasteiger partial charge in [0.2, 0.25) is 5.91 Å². The van der Waals surface area contributed by atoms with Crippen LogP contribution in [0.25, 0.3) is 11.1 Å². The number of rotatable bonds is 11. The second kappa shape index (κ2) is 12.9. The molecule has 218 valence electrons. The van der Waals surface area contributed by atoms with E-state index < -0.39 is 0 Å². The van der Waals surface area contributed by atoms with Gasteiger partial charge in [-0.3, -0.25) is 9.59 Å². The third-order valence-corrected chi connectivity index (χ3v) is 7.57. The Morgan fingerprint density at radius 2 is 1.78 bits per heavy atom. The first-order chi connectivity index (χ1) is 19.5. The Balaban J connectivity index is 1.68. The molecule has 1 fully saturated rings. The minimum absolute atomic E-state index is 0.0607. The molecular weight excluding hydrogens is 517 g/mol. The van der Waals surface area contributed by atoms with E-state index in [1.165, 1.54) is 6.07 Å². The van der Waals surface area contributed by atoms with E-state index in [1.54, 1.807) is 31.1 Å². The summed E-state index contributed by atoms with van der Waals surface area (Å²) < 4.78 is 25.6. The third-order valence-electron chi connectivity index (χ3n) is 7.57. The van der Waals surface area contributed by atoms with Crippen LogP contribution in [0.3, 0.4) is 0 Å². The van der Waals surface area contributed by atoms with Gasteiger partial charge < -0.3 is 14.4 Å². The van der Waals surface area contributed by atoms with Gasteiger partial charge in [0.15, 0.2) is 0 Å². The molecule has 0 aromatic heterocycles. The summed E-state index contributed by atoms with van der Waals surface area (Å²) in [4.78, 5) is 27.0. The predicted octanol–water partition coefficient (Wildman–Crippen LogP) is 8.09. The van der Waals surface area contributed by atoms with Crippen LogP contribution in [0.15, 0.2) is 60.7 Å². The molecule has 1 unspecified atom stereocenters. The molecule has 1 aliphatic carbocycles. The lowest BCUT2D eigenvalue weighted by Gasteiger charge is -2.26. The smallest absolute Gasteiger partial charge is 0.306 e. The Kier molecular flexibility index (Phi) is 9.52. The molecule has 41 heavy (non-hydrogen) atoms. The molecule has 0 aliphatic heterocycles. The van der Waals surface area contributed by atoms with E-state index in [9.17, 15) is 9.59 Å². The maximum Gasteiger partial charge on any atom is 0.306 e. The van der Waals surface area contributed by atoms with Crippen molar-refractivity contribution in [2.45, 2.75) is 72.8 Å². The summed E-state index contributed by atoms with van der Waals surface area (Å²) in [6.07, 6.45) is 3.30. The number of methoxy groups -OCH3 is 1. The van der Waals surface area contributed by atoms with E-state index in [2.05, 4.69) is 32.9 Å². The summed E-state index contributed by atoms with van der Waals surface area (Å²) in [5, 5.41) is 0. The Morgan fingerprint density at radius 1 is 1.02 bits per heavy atom. The van der Waals surface area contributed by atoms with Crippen LogP contribution in [0, 0.1) is 17.2 Å². The monoisotopic (exact) mass is 559 g/mol. The molecule has 0 radical (unpaired) electrons. The van der Waals surface area contributed by atoms with Crippen LogP contribution < -0.4 is 9.64 Å². The van der Waals surface area contributed by atoms with Gasteiger partial charge in [-0.1, -0.05) is 51.1 Å². The van der Waals surface area contributed by atoms with Gasteiger partial charge in [-0.05, 0) is 96.0 Å². The van der Waals surface area contributed by atoms with Crippen molar-refractivity contribution >= 4 is 17.6 Å². The predicted molar refractivity (Wildman–Crippen MR) is 162 cm³/mol. The summed E-state index contributed by atoms with van der Waals surface area (Å²) in [5.41, 5.74) is 5.03. The Morgan fingerprint density at radius 3 is 2.41 bits per heavy atom. The second-order valence-electron chi connectivity index (χ2n) is 12.2. The van der Waals surface area contributed by atoms with Gasteiger partial charge in [0, 0.05) is 18.2 Å². The highest BCUT2D eigenvalue weighted by atomic mass is 19.1. The van der Waals surface area contributed by atoms with Crippen LogP contribution in [0.1, 0.15) is 76.5 Å². The van der Waals surface area contributed by atoms with Gasteiger partial charge in [-0.15, -0.1) is 0 Å². The normalized spacial score (nSPS) is 13.9. The summed E-state index contributed by atoms with van der Waals surface area (Å²) in [5.74, 6) is 0.631. The molecule has 5 nitrogen and oxygen atoms in total. The van der Waals surface area contributed by atoms with Gasteiger partial charge in [0.25, 0.3) is 0 Å². The van der Waals surface area contributed by atoms with Crippen LogP contribution in [0.2, 0.25) is 0 Å². The van der Waals surface area contributed by atoms with Crippen molar-refractivity contribution < 1.29 is 23.5 Å². The third kappa shape index (κ3) is 7.96. The van der Waals surface area contributed by atoms with Crippen LogP contribution >= 0.6 is 0 Å². The quantitative estimate of drug-likeness (QED) is 0.223. The zero-order chi connectivity index (χ0) is 29.7. The van der Waals surface area contributed by atoms with Crippen LogP contribution in [0.5, 0.6) is 5.75 Å². The molecule has 1 saturated carbocycles. The van der Waals surface area contributed by atoms with E-state index in [0.717, 1.165) is 40.8 Å². The van der Waals surface area contributed by atoms with Crippen LogP contribution in [0.4, 0.5) is 10.1 Å². The van der Waals surface area contributed by atoms with Gasteiger partial charge in [0.1, 0.15) is 11.6 Å². The van der Waals surface area contributed by atoms with Crippen molar-refractivity contribution in [2.24, 2.45) is 11.3 Å². The lowest BCUT2D eigenvalue weighted by atomic mass is 9.84. The zero-order valence-corrected chi connectivity index (χ0v) is 25.1. The highest BCUT2D eigenvalue weighted by Crippen LogP contribution is 2.45. The first-order valence-corrected chi connectivity index (χ1v) is 14.5. The van der Waals surface area contributed by atoms with Crippen molar-refractivity contribution in [3.8, 4) is 16.9 Å². The second-order valence-corrected chi connectivity index (χ2v) is 12.2. The number of benzene rings is 3. The van der Waals surface area contributed by atoms with Gasteiger partial charge >= 0.3 is 5.97 Å².